The molecule has 126 valence electrons. The molecule has 24 heavy (non-hydrogen) atoms. The van der Waals surface area contributed by atoms with Crippen LogP contribution in [0, 0.1) is 5.92 Å². The number of hydrogen-bond donors (Lipinski definition) is 1. The molecule has 0 amide bonds. The van der Waals surface area contributed by atoms with Crippen molar-refractivity contribution in [3.05, 3.63) is 36.2 Å². The fourth-order valence-corrected chi connectivity index (χ4v) is 2.47. The van der Waals surface area contributed by atoms with Crippen LogP contribution in [0.2, 0.25) is 0 Å². The minimum atomic E-state index is -0.241. The van der Waals surface area contributed by atoms with Gasteiger partial charge in [0.25, 0.3) is 0 Å². The number of aromatic nitrogens is 4. The first kappa shape index (κ1) is 16.2. The van der Waals surface area contributed by atoms with Gasteiger partial charge in [-0.1, -0.05) is 13.8 Å². The summed E-state index contributed by atoms with van der Waals surface area (Å²) in [4.78, 5) is 0. The monoisotopic (exact) mass is 327 g/mol. The normalized spacial score (nSPS) is 12.6. The summed E-state index contributed by atoms with van der Waals surface area (Å²) in [6.45, 7) is 4.08. The molecule has 0 aliphatic rings. The van der Waals surface area contributed by atoms with Crippen molar-refractivity contribution in [1.82, 2.24) is 19.8 Å². The van der Waals surface area contributed by atoms with Crippen molar-refractivity contribution in [2.75, 3.05) is 14.2 Å². The van der Waals surface area contributed by atoms with Crippen LogP contribution < -0.4 is 15.2 Å². The largest absolute Gasteiger partial charge is 0.497 e. The third-order valence-corrected chi connectivity index (χ3v) is 3.99. The molecule has 0 aliphatic carbocycles. The molecule has 7 nitrogen and oxygen atoms in total. The van der Waals surface area contributed by atoms with E-state index >= 15 is 0 Å². The van der Waals surface area contributed by atoms with Crippen LogP contribution in [0.5, 0.6) is 11.5 Å². The molecular formula is C17H21N5O2. The van der Waals surface area contributed by atoms with Crippen LogP contribution in [0.1, 0.15) is 25.7 Å². The van der Waals surface area contributed by atoms with Crippen LogP contribution in [-0.2, 0) is 0 Å². The number of ether oxygens (including phenoxy) is 2. The standard InChI is InChI=1S/C17H21N5O2/c1-10(2)16(18)17-20-19-15-8-6-13(21-22(15)17)12-9-11(23-3)5-7-14(12)24-4/h5-10,16H,18H2,1-4H3. The second-order valence-electron chi connectivity index (χ2n) is 5.88. The second-order valence-corrected chi connectivity index (χ2v) is 5.88. The number of nitrogens with two attached hydrogens (primary N) is 1. The van der Waals surface area contributed by atoms with Crippen molar-refractivity contribution in [2.24, 2.45) is 11.7 Å². The summed E-state index contributed by atoms with van der Waals surface area (Å²) in [7, 11) is 3.25. The molecule has 0 aliphatic heterocycles. The van der Waals surface area contributed by atoms with Crippen molar-refractivity contribution in [3.8, 4) is 22.8 Å². The van der Waals surface area contributed by atoms with Crippen LogP contribution >= 0.6 is 0 Å². The molecule has 0 bridgehead atoms. The lowest BCUT2D eigenvalue weighted by molar-refractivity contribution is 0.404. The Labute approximate surface area is 140 Å². The lowest BCUT2D eigenvalue weighted by Gasteiger charge is -2.14. The number of benzene rings is 1. The summed E-state index contributed by atoms with van der Waals surface area (Å²) in [5.41, 5.74) is 8.45. The third kappa shape index (κ3) is 2.78. The molecule has 2 N–H and O–H groups in total. The molecule has 2 heterocycles. The lowest BCUT2D eigenvalue weighted by Crippen LogP contribution is -2.20. The van der Waals surface area contributed by atoms with E-state index in [0.717, 1.165) is 17.0 Å². The Bertz CT molecular complexity index is 859. The van der Waals surface area contributed by atoms with Gasteiger partial charge in [0.05, 0.1) is 26.0 Å². The average molecular weight is 327 g/mol. The van der Waals surface area contributed by atoms with Gasteiger partial charge in [0.2, 0.25) is 0 Å². The molecule has 7 heteroatoms. The van der Waals surface area contributed by atoms with Gasteiger partial charge in [-0.3, -0.25) is 0 Å². The highest BCUT2D eigenvalue weighted by atomic mass is 16.5. The topological polar surface area (TPSA) is 87.6 Å². The average Bonchev–Trinajstić information content (AvgIpc) is 3.03. The number of hydrogen-bond acceptors (Lipinski definition) is 6. The van der Waals surface area contributed by atoms with Gasteiger partial charge in [0.1, 0.15) is 11.5 Å². The van der Waals surface area contributed by atoms with Crippen LogP contribution in [0.4, 0.5) is 0 Å². The number of nitrogens with zero attached hydrogens (tertiary/aromatic N) is 4. The minimum Gasteiger partial charge on any atom is -0.497 e. The van der Waals surface area contributed by atoms with Crippen molar-refractivity contribution in [1.29, 1.82) is 0 Å². The van der Waals surface area contributed by atoms with Gasteiger partial charge in [-0.2, -0.15) is 9.61 Å². The quantitative estimate of drug-likeness (QED) is 0.774. The van der Waals surface area contributed by atoms with Crippen LogP contribution in [0.25, 0.3) is 16.9 Å². The van der Waals surface area contributed by atoms with E-state index < -0.39 is 0 Å². The molecule has 1 unspecified atom stereocenters. The molecule has 0 saturated heterocycles. The smallest absolute Gasteiger partial charge is 0.178 e. The summed E-state index contributed by atoms with van der Waals surface area (Å²) in [5.74, 6) is 2.32. The van der Waals surface area contributed by atoms with Gasteiger partial charge >= 0.3 is 0 Å². The Morgan fingerprint density at radius 3 is 2.50 bits per heavy atom. The Morgan fingerprint density at radius 2 is 1.83 bits per heavy atom. The molecular weight excluding hydrogens is 306 g/mol. The van der Waals surface area contributed by atoms with Crippen molar-refractivity contribution in [3.63, 3.8) is 0 Å². The van der Waals surface area contributed by atoms with Crippen molar-refractivity contribution in [2.45, 2.75) is 19.9 Å². The maximum Gasteiger partial charge on any atom is 0.178 e. The Morgan fingerprint density at radius 1 is 1.04 bits per heavy atom. The highest BCUT2D eigenvalue weighted by Gasteiger charge is 2.19. The zero-order valence-corrected chi connectivity index (χ0v) is 14.2. The van der Waals surface area contributed by atoms with Gasteiger partial charge in [-0.05, 0) is 36.2 Å². The highest BCUT2D eigenvalue weighted by Crippen LogP contribution is 2.32. The molecule has 1 aromatic carbocycles. The highest BCUT2D eigenvalue weighted by molar-refractivity contribution is 5.69. The van der Waals surface area contributed by atoms with E-state index in [-0.39, 0.29) is 12.0 Å². The second kappa shape index (κ2) is 6.45. The van der Waals surface area contributed by atoms with Gasteiger partial charge in [-0.15, -0.1) is 10.2 Å². The lowest BCUT2D eigenvalue weighted by atomic mass is 10.1. The number of methoxy groups -OCH3 is 2. The fourth-order valence-electron chi connectivity index (χ4n) is 2.47. The van der Waals surface area contributed by atoms with E-state index in [0.29, 0.717) is 17.2 Å². The molecule has 0 saturated carbocycles. The maximum atomic E-state index is 6.23. The number of rotatable bonds is 5. The summed E-state index contributed by atoms with van der Waals surface area (Å²) in [6.07, 6.45) is 0. The molecule has 0 fully saturated rings. The predicted octanol–water partition coefficient (Wildman–Crippen LogP) is 2.46. The van der Waals surface area contributed by atoms with E-state index in [9.17, 15) is 0 Å². The van der Waals surface area contributed by atoms with Crippen molar-refractivity contribution < 1.29 is 9.47 Å². The van der Waals surface area contributed by atoms with E-state index in [4.69, 9.17) is 15.2 Å². The van der Waals surface area contributed by atoms with Crippen LogP contribution in [0.3, 0.4) is 0 Å². The molecule has 3 aromatic rings. The molecule has 3 rings (SSSR count). The van der Waals surface area contributed by atoms with Crippen LogP contribution in [0.15, 0.2) is 30.3 Å². The molecule has 0 radical (unpaired) electrons. The van der Waals surface area contributed by atoms with Crippen LogP contribution in [-0.4, -0.2) is 34.0 Å². The minimum absolute atomic E-state index is 0.231. The third-order valence-electron chi connectivity index (χ3n) is 3.99. The summed E-state index contributed by atoms with van der Waals surface area (Å²) < 4.78 is 12.4. The van der Waals surface area contributed by atoms with Gasteiger partial charge in [0.15, 0.2) is 11.5 Å². The van der Waals surface area contributed by atoms with Crippen molar-refractivity contribution >= 4 is 5.65 Å². The molecule has 1 atom stereocenters. The maximum absolute atomic E-state index is 6.23. The van der Waals surface area contributed by atoms with E-state index in [2.05, 4.69) is 15.3 Å². The summed E-state index contributed by atoms with van der Waals surface area (Å²) in [6, 6.07) is 9.10. The first-order chi connectivity index (χ1) is 11.5. The van der Waals surface area contributed by atoms with Gasteiger partial charge in [0, 0.05) is 5.56 Å². The Hall–Kier alpha value is -2.67. The first-order valence-electron chi connectivity index (χ1n) is 7.75. The predicted molar refractivity (Wildman–Crippen MR) is 91.1 cm³/mol. The van der Waals surface area contributed by atoms with Gasteiger partial charge in [-0.25, -0.2) is 0 Å². The molecule has 2 aromatic heterocycles. The Kier molecular flexibility index (Phi) is 4.35. The van der Waals surface area contributed by atoms with Gasteiger partial charge < -0.3 is 15.2 Å². The zero-order chi connectivity index (χ0) is 17.3. The van der Waals surface area contributed by atoms with E-state index in [1.807, 2.05) is 44.2 Å². The fraction of sp³-hybridized carbons (Fsp3) is 0.353. The Balaban J connectivity index is 2.16. The number of fused-ring (bicyclic) bond motifs is 1. The zero-order valence-electron chi connectivity index (χ0n) is 14.2. The SMILES string of the molecule is COc1ccc(OC)c(-c2ccc3nnc(C(N)C(C)C)n3n2)c1. The van der Waals surface area contributed by atoms with E-state index in [1.54, 1.807) is 18.7 Å². The molecule has 0 spiro atoms. The summed E-state index contributed by atoms with van der Waals surface area (Å²) in [5, 5.41) is 13.0. The first-order valence-corrected chi connectivity index (χ1v) is 7.75. The van der Waals surface area contributed by atoms with E-state index in [1.165, 1.54) is 0 Å². The summed E-state index contributed by atoms with van der Waals surface area (Å²) >= 11 is 0.